The summed E-state index contributed by atoms with van der Waals surface area (Å²) in [5.41, 5.74) is 0.484. The van der Waals surface area contributed by atoms with Gasteiger partial charge in [-0.1, -0.05) is 37.3 Å². The minimum atomic E-state index is -0.378. The van der Waals surface area contributed by atoms with Crippen LogP contribution in [0.1, 0.15) is 30.1 Å². The SMILES string of the molecule is CC1CCN[C@H](C(=O)C(=O)c2ccccc2)C1. The van der Waals surface area contributed by atoms with E-state index in [0.717, 1.165) is 19.4 Å². The van der Waals surface area contributed by atoms with Gasteiger partial charge in [0.15, 0.2) is 0 Å². The van der Waals surface area contributed by atoms with Crippen molar-refractivity contribution in [3.63, 3.8) is 0 Å². The number of hydrogen-bond donors (Lipinski definition) is 1. The summed E-state index contributed by atoms with van der Waals surface area (Å²) < 4.78 is 0. The van der Waals surface area contributed by atoms with Gasteiger partial charge in [-0.05, 0) is 25.3 Å². The van der Waals surface area contributed by atoms with Crippen LogP contribution >= 0.6 is 0 Å². The summed E-state index contributed by atoms with van der Waals surface area (Å²) in [6.45, 7) is 2.94. The highest BCUT2D eigenvalue weighted by Crippen LogP contribution is 2.16. The van der Waals surface area contributed by atoms with Gasteiger partial charge < -0.3 is 5.32 Å². The molecule has 1 aliphatic heterocycles. The zero-order chi connectivity index (χ0) is 12.3. The van der Waals surface area contributed by atoms with Gasteiger partial charge in [-0.2, -0.15) is 0 Å². The molecule has 3 nitrogen and oxygen atoms in total. The molecule has 1 saturated heterocycles. The van der Waals surface area contributed by atoms with Gasteiger partial charge in [-0.25, -0.2) is 0 Å². The second-order valence-electron chi connectivity index (χ2n) is 4.70. The molecule has 1 unspecified atom stereocenters. The van der Waals surface area contributed by atoms with Crippen LogP contribution < -0.4 is 5.32 Å². The fourth-order valence-electron chi connectivity index (χ4n) is 2.20. The summed E-state index contributed by atoms with van der Waals surface area (Å²) in [5.74, 6) is -0.172. The normalized spacial score (nSPS) is 24.3. The monoisotopic (exact) mass is 231 g/mol. The van der Waals surface area contributed by atoms with Gasteiger partial charge in [0, 0.05) is 5.56 Å². The number of ketones is 2. The molecule has 0 aromatic heterocycles. The van der Waals surface area contributed by atoms with Crippen LogP contribution in [-0.4, -0.2) is 24.2 Å². The van der Waals surface area contributed by atoms with Gasteiger partial charge in [0.1, 0.15) is 0 Å². The van der Waals surface area contributed by atoms with E-state index in [4.69, 9.17) is 0 Å². The van der Waals surface area contributed by atoms with E-state index in [0.29, 0.717) is 11.5 Å². The van der Waals surface area contributed by atoms with Crippen molar-refractivity contribution in [3.8, 4) is 0 Å². The van der Waals surface area contributed by atoms with Crippen molar-refractivity contribution < 1.29 is 9.59 Å². The van der Waals surface area contributed by atoms with E-state index < -0.39 is 0 Å². The second-order valence-corrected chi connectivity index (χ2v) is 4.70. The standard InChI is InChI=1S/C14H17NO2/c1-10-7-8-15-12(9-10)14(17)13(16)11-5-3-2-4-6-11/h2-6,10,12,15H,7-9H2,1H3/t10?,12-/m0/s1. The van der Waals surface area contributed by atoms with Crippen LogP contribution in [0, 0.1) is 5.92 Å². The van der Waals surface area contributed by atoms with Crippen molar-refractivity contribution >= 4 is 11.6 Å². The van der Waals surface area contributed by atoms with Crippen molar-refractivity contribution in [1.82, 2.24) is 5.32 Å². The predicted molar refractivity (Wildman–Crippen MR) is 66.0 cm³/mol. The van der Waals surface area contributed by atoms with Gasteiger partial charge >= 0.3 is 0 Å². The summed E-state index contributed by atoms with van der Waals surface area (Å²) in [6.07, 6.45) is 1.83. The molecule has 2 atom stereocenters. The Kier molecular flexibility index (Phi) is 3.69. The summed E-state index contributed by atoms with van der Waals surface area (Å²) in [5, 5.41) is 3.13. The molecule has 1 aromatic rings. The molecule has 1 heterocycles. The van der Waals surface area contributed by atoms with Crippen LogP contribution in [0.3, 0.4) is 0 Å². The van der Waals surface area contributed by atoms with Crippen molar-refractivity contribution in [3.05, 3.63) is 35.9 Å². The van der Waals surface area contributed by atoms with Crippen molar-refractivity contribution in [2.24, 2.45) is 5.92 Å². The Morgan fingerprint density at radius 2 is 1.94 bits per heavy atom. The molecule has 0 saturated carbocycles. The fraction of sp³-hybridized carbons (Fsp3) is 0.429. The lowest BCUT2D eigenvalue weighted by Gasteiger charge is -2.26. The third-order valence-corrected chi connectivity index (χ3v) is 3.24. The molecule has 2 rings (SSSR count). The molecule has 17 heavy (non-hydrogen) atoms. The molecule has 3 heteroatoms. The van der Waals surface area contributed by atoms with E-state index >= 15 is 0 Å². The van der Waals surface area contributed by atoms with Crippen LogP contribution in [0.25, 0.3) is 0 Å². The largest absolute Gasteiger partial charge is 0.307 e. The van der Waals surface area contributed by atoms with Crippen molar-refractivity contribution in [1.29, 1.82) is 0 Å². The average molecular weight is 231 g/mol. The Morgan fingerprint density at radius 3 is 2.59 bits per heavy atom. The van der Waals surface area contributed by atoms with Crippen LogP contribution in [0.4, 0.5) is 0 Å². The Hall–Kier alpha value is -1.48. The molecular weight excluding hydrogens is 214 g/mol. The maximum atomic E-state index is 12.0. The van der Waals surface area contributed by atoms with E-state index in [1.165, 1.54) is 0 Å². The highest BCUT2D eigenvalue weighted by Gasteiger charge is 2.29. The third-order valence-electron chi connectivity index (χ3n) is 3.24. The van der Waals surface area contributed by atoms with Gasteiger partial charge in [0.25, 0.3) is 0 Å². The van der Waals surface area contributed by atoms with Gasteiger partial charge in [-0.15, -0.1) is 0 Å². The van der Waals surface area contributed by atoms with Crippen LogP contribution in [0.5, 0.6) is 0 Å². The average Bonchev–Trinajstić information content (AvgIpc) is 2.38. The van der Waals surface area contributed by atoms with Gasteiger partial charge in [-0.3, -0.25) is 9.59 Å². The number of rotatable bonds is 3. The van der Waals surface area contributed by atoms with Crippen LogP contribution in [0.2, 0.25) is 0 Å². The molecule has 0 radical (unpaired) electrons. The minimum Gasteiger partial charge on any atom is -0.307 e. The maximum absolute atomic E-state index is 12.0. The smallest absolute Gasteiger partial charge is 0.230 e. The van der Waals surface area contributed by atoms with Crippen molar-refractivity contribution in [2.75, 3.05) is 6.54 Å². The summed E-state index contributed by atoms with van der Waals surface area (Å²) >= 11 is 0. The summed E-state index contributed by atoms with van der Waals surface area (Å²) in [4.78, 5) is 24.0. The van der Waals surface area contributed by atoms with E-state index in [2.05, 4.69) is 12.2 Å². The Balaban J connectivity index is 2.07. The third kappa shape index (κ3) is 2.80. The van der Waals surface area contributed by atoms with E-state index in [1.54, 1.807) is 24.3 Å². The lowest BCUT2D eigenvalue weighted by molar-refractivity contribution is -0.117. The number of Topliss-reactive ketones (excluding diaryl/α,β-unsaturated/α-hetero) is 2. The lowest BCUT2D eigenvalue weighted by Crippen LogP contribution is -2.45. The summed E-state index contributed by atoms with van der Waals surface area (Å²) in [7, 11) is 0. The van der Waals surface area contributed by atoms with Crippen molar-refractivity contribution in [2.45, 2.75) is 25.8 Å². The quantitative estimate of drug-likeness (QED) is 0.637. The first-order chi connectivity index (χ1) is 8.18. The van der Waals surface area contributed by atoms with Gasteiger partial charge in [0.2, 0.25) is 11.6 Å². The Morgan fingerprint density at radius 1 is 1.24 bits per heavy atom. The first-order valence-electron chi connectivity index (χ1n) is 6.05. The Bertz CT molecular complexity index is 413. The fourth-order valence-corrected chi connectivity index (χ4v) is 2.20. The molecule has 0 spiro atoms. The molecule has 1 N–H and O–H groups in total. The molecule has 0 bridgehead atoms. The number of carbonyl (C=O) groups is 2. The predicted octanol–water partition coefficient (Wildman–Crippen LogP) is 1.83. The summed E-state index contributed by atoms with van der Waals surface area (Å²) in [6, 6.07) is 8.46. The molecular formula is C14H17NO2. The maximum Gasteiger partial charge on any atom is 0.230 e. The molecule has 0 aliphatic carbocycles. The van der Waals surface area contributed by atoms with Gasteiger partial charge in [0.05, 0.1) is 6.04 Å². The number of benzene rings is 1. The molecule has 0 amide bonds. The molecule has 1 fully saturated rings. The molecule has 90 valence electrons. The number of piperidine rings is 1. The zero-order valence-electron chi connectivity index (χ0n) is 9.98. The van der Waals surface area contributed by atoms with Crippen LogP contribution in [0.15, 0.2) is 30.3 Å². The minimum absolute atomic E-state index is 0.300. The number of carbonyl (C=O) groups excluding carboxylic acids is 2. The molecule has 1 aliphatic rings. The van der Waals surface area contributed by atoms with E-state index in [9.17, 15) is 9.59 Å². The topological polar surface area (TPSA) is 46.2 Å². The first-order valence-corrected chi connectivity index (χ1v) is 6.05. The highest BCUT2D eigenvalue weighted by atomic mass is 16.2. The van der Waals surface area contributed by atoms with E-state index in [1.807, 2.05) is 6.07 Å². The van der Waals surface area contributed by atoms with Crippen LogP contribution in [-0.2, 0) is 4.79 Å². The lowest BCUT2D eigenvalue weighted by atomic mass is 9.89. The Labute approximate surface area is 101 Å². The molecule has 1 aromatic carbocycles. The zero-order valence-corrected chi connectivity index (χ0v) is 9.98. The number of nitrogens with one attached hydrogen (secondary N) is 1. The second kappa shape index (κ2) is 5.23. The number of hydrogen-bond acceptors (Lipinski definition) is 3. The first kappa shape index (κ1) is 12.0. The highest BCUT2D eigenvalue weighted by molar-refractivity contribution is 6.45. The van der Waals surface area contributed by atoms with E-state index in [-0.39, 0.29) is 17.6 Å².